The molecule has 0 aliphatic carbocycles. The molecule has 0 aromatic rings. The molecular weight excluding hydrogens is 210 g/mol. The monoisotopic (exact) mass is 223 g/mol. The van der Waals surface area contributed by atoms with Crippen molar-refractivity contribution in [1.82, 2.24) is 5.32 Å². The van der Waals surface area contributed by atoms with E-state index in [2.05, 4.69) is 21.2 Å². The average molecular weight is 224 g/mol. The maximum absolute atomic E-state index is 10.9. The van der Waals surface area contributed by atoms with Crippen LogP contribution in [0.4, 0.5) is 4.79 Å². The Bertz CT molecular complexity index is 128. The minimum atomic E-state index is -0.355. The van der Waals surface area contributed by atoms with E-state index in [1.54, 1.807) is 0 Å². The number of hydrogen-bond acceptors (Lipinski definition) is 2. The fourth-order valence-corrected chi connectivity index (χ4v) is 0.616. The molecule has 0 spiro atoms. The average Bonchev–Trinajstić information content (AvgIpc) is 1.85. The standard InChI is InChI=1S/C7H14BrNO2/c1-5(2)9-7(10)11-6(3)4-8/h5-6H,4H2,1-3H3,(H,9,10). The van der Waals surface area contributed by atoms with Gasteiger partial charge in [-0.2, -0.15) is 0 Å². The van der Waals surface area contributed by atoms with Crippen molar-refractivity contribution in [3.8, 4) is 0 Å². The number of nitrogens with one attached hydrogen (secondary N) is 1. The third-order valence-electron chi connectivity index (χ3n) is 0.932. The Balaban J connectivity index is 3.52. The van der Waals surface area contributed by atoms with Crippen LogP contribution in [0.3, 0.4) is 0 Å². The number of carbonyl (C=O) groups is 1. The Morgan fingerprint density at radius 1 is 1.55 bits per heavy atom. The maximum Gasteiger partial charge on any atom is 0.407 e. The van der Waals surface area contributed by atoms with Crippen molar-refractivity contribution in [3.05, 3.63) is 0 Å². The zero-order valence-electron chi connectivity index (χ0n) is 7.06. The number of amides is 1. The first-order valence-corrected chi connectivity index (χ1v) is 4.71. The molecule has 0 aromatic heterocycles. The lowest BCUT2D eigenvalue weighted by Crippen LogP contribution is -2.33. The molecule has 1 N–H and O–H groups in total. The van der Waals surface area contributed by atoms with Crippen LogP contribution in [0, 0.1) is 0 Å². The van der Waals surface area contributed by atoms with Gasteiger partial charge in [-0.05, 0) is 20.8 Å². The van der Waals surface area contributed by atoms with Gasteiger partial charge < -0.3 is 10.1 Å². The third-order valence-corrected chi connectivity index (χ3v) is 1.84. The molecule has 3 nitrogen and oxygen atoms in total. The normalized spacial score (nSPS) is 12.8. The minimum Gasteiger partial charge on any atom is -0.446 e. The van der Waals surface area contributed by atoms with Crippen LogP contribution in [-0.2, 0) is 4.74 Å². The van der Waals surface area contributed by atoms with Crippen molar-refractivity contribution < 1.29 is 9.53 Å². The van der Waals surface area contributed by atoms with Crippen LogP contribution in [0.15, 0.2) is 0 Å². The summed E-state index contributed by atoms with van der Waals surface area (Å²) in [5, 5.41) is 3.29. The number of hydrogen-bond donors (Lipinski definition) is 1. The number of rotatable bonds is 3. The molecule has 0 radical (unpaired) electrons. The largest absolute Gasteiger partial charge is 0.446 e. The Morgan fingerprint density at radius 2 is 2.09 bits per heavy atom. The first-order chi connectivity index (χ1) is 5.06. The summed E-state index contributed by atoms with van der Waals surface area (Å²) in [6.07, 6.45) is -0.430. The Morgan fingerprint density at radius 3 is 2.45 bits per heavy atom. The van der Waals surface area contributed by atoms with Crippen molar-refractivity contribution in [2.24, 2.45) is 0 Å². The van der Waals surface area contributed by atoms with E-state index in [9.17, 15) is 4.79 Å². The van der Waals surface area contributed by atoms with Crippen LogP contribution in [0.1, 0.15) is 20.8 Å². The molecular formula is C7H14BrNO2. The van der Waals surface area contributed by atoms with E-state index in [1.807, 2.05) is 20.8 Å². The van der Waals surface area contributed by atoms with E-state index in [0.717, 1.165) is 0 Å². The lowest BCUT2D eigenvalue weighted by Gasteiger charge is -2.12. The van der Waals surface area contributed by atoms with Gasteiger partial charge in [-0.3, -0.25) is 0 Å². The van der Waals surface area contributed by atoms with Gasteiger partial charge in [-0.15, -0.1) is 0 Å². The van der Waals surface area contributed by atoms with E-state index in [1.165, 1.54) is 0 Å². The van der Waals surface area contributed by atoms with Gasteiger partial charge in [0.25, 0.3) is 0 Å². The van der Waals surface area contributed by atoms with E-state index in [-0.39, 0.29) is 18.2 Å². The summed E-state index contributed by atoms with van der Waals surface area (Å²) in [7, 11) is 0. The minimum absolute atomic E-state index is 0.0752. The predicted molar refractivity (Wildman–Crippen MR) is 48.0 cm³/mol. The molecule has 0 rings (SSSR count). The van der Waals surface area contributed by atoms with Gasteiger partial charge in [0.05, 0.1) is 0 Å². The summed E-state index contributed by atoms with van der Waals surface area (Å²) >= 11 is 3.20. The zero-order valence-corrected chi connectivity index (χ0v) is 8.64. The molecule has 4 heteroatoms. The van der Waals surface area contributed by atoms with Gasteiger partial charge in [-0.25, -0.2) is 4.79 Å². The molecule has 0 fully saturated rings. The number of halogens is 1. The first kappa shape index (κ1) is 10.8. The highest BCUT2D eigenvalue weighted by Gasteiger charge is 2.07. The second-order valence-electron chi connectivity index (χ2n) is 2.67. The smallest absolute Gasteiger partial charge is 0.407 e. The Labute approximate surface area is 75.6 Å². The fourth-order valence-electron chi connectivity index (χ4n) is 0.484. The molecule has 0 bridgehead atoms. The van der Waals surface area contributed by atoms with Crippen molar-refractivity contribution in [3.63, 3.8) is 0 Å². The predicted octanol–water partition coefficient (Wildman–Crippen LogP) is 1.90. The van der Waals surface area contributed by atoms with E-state index in [4.69, 9.17) is 4.74 Å². The summed E-state index contributed by atoms with van der Waals surface area (Å²) in [5.74, 6) is 0. The van der Waals surface area contributed by atoms with E-state index < -0.39 is 0 Å². The summed E-state index contributed by atoms with van der Waals surface area (Å²) in [5.41, 5.74) is 0. The van der Waals surface area contributed by atoms with E-state index >= 15 is 0 Å². The molecule has 0 aromatic carbocycles. The second kappa shape index (κ2) is 5.41. The quantitative estimate of drug-likeness (QED) is 0.743. The molecule has 1 atom stereocenters. The summed E-state index contributed by atoms with van der Waals surface area (Å²) in [6, 6.07) is 0.130. The van der Waals surface area contributed by atoms with Gasteiger partial charge in [0.15, 0.2) is 0 Å². The van der Waals surface area contributed by atoms with Crippen molar-refractivity contribution in [2.45, 2.75) is 32.9 Å². The molecule has 11 heavy (non-hydrogen) atoms. The van der Waals surface area contributed by atoms with Crippen LogP contribution in [0.5, 0.6) is 0 Å². The number of alkyl halides is 1. The first-order valence-electron chi connectivity index (χ1n) is 3.59. The highest BCUT2D eigenvalue weighted by Crippen LogP contribution is 1.96. The van der Waals surface area contributed by atoms with E-state index in [0.29, 0.717) is 5.33 Å². The Hall–Kier alpha value is -0.250. The molecule has 66 valence electrons. The van der Waals surface area contributed by atoms with Gasteiger partial charge in [0, 0.05) is 11.4 Å². The lowest BCUT2D eigenvalue weighted by atomic mass is 10.4. The number of alkyl carbamates (subject to hydrolysis) is 1. The number of carbonyl (C=O) groups excluding carboxylic acids is 1. The van der Waals surface area contributed by atoms with Crippen molar-refractivity contribution in [2.75, 3.05) is 5.33 Å². The molecule has 0 saturated heterocycles. The second-order valence-corrected chi connectivity index (χ2v) is 3.32. The molecule has 0 aliphatic heterocycles. The Kier molecular flexibility index (Phi) is 5.28. The highest BCUT2D eigenvalue weighted by molar-refractivity contribution is 9.09. The van der Waals surface area contributed by atoms with Gasteiger partial charge >= 0.3 is 6.09 Å². The van der Waals surface area contributed by atoms with Gasteiger partial charge in [-0.1, -0.05) is 15.9 Å². The van der Waals surface area contributed by atoms with Gasteiger partial charge in [0.2, 0.25) is 0 Å². The fraction of sp³-hybridized carbons (Fsp3) is 0.857. The lowest BCUT2D eigenvalue weighted by molar-refractivity contribution is 0.116. The highest BCUT2D eigenvalue weighted by atomic mass is 79.9. The number of ether oxygens (including phenoxy) is 1. The molecule has 0 aliphatic rings. The molecule has 1 amide bonds. The van der Waals surface area contributed by atoms with Crippen molar-refractivity contribution >= 4 is 22.0 Å². The summed E-state index contributed by atoms with van der Waals surface area (Å²) < 4.78 is 4.91. The van der Waals surface area contributed by atoms with Crippen LogP contribution >= 0.6 is 15.9 Å². The molecule has 0 saturated carbocycles. The molecule has 1 unspecified atom stereocenters. The third kappa shape index (κ3) is 6.16. The van der Waals surface area contributed by atoms with Crippen LogP contribution in [-0.4, -0.2) is 23.6 Å². The SMILES string of the molecule is CC(C)NC(=O)OC(C)CBr. The van der Waals surface area contributed by atoms with Crippen molar-refractivity contribution in [1.29, 1.82) is 0 Å². The summed E-state index contributed by atoms with van der Waals surface area (Å²) in [6.45, 7) is 5.61. The zero-order chi connectivity index (χ0) is 8.85. The topological polar surface area (TPSA) is 38.3 Å². The van der Waals surface area contributed by atoms with Crippen LogP contribution in [0.2, 0.25) is 0 Å². The summed E-state index contributed by atoms with van der Waals surface area (Å²) in [4.78, 5) is 10.9. The van der Waals surface area contributed by atoms with Gasteiger partial charge in [0.1, 0.15) is 6.10 Å². The van der Waals surface area contributed by atoms with Crippen LogP contribution in [0.25, 0.3) is 0 Å². The molecule has 0 heterocycles. The maximum atomic E-state index is 10.9. The van der Waals surface area contributed by atoms with Crippen LogP contribution < -0.4 is 5.32 Å².